The molecule has 3 N–H and O–H groups in total. The van der Waals surface area contributed by atoms with Crippen LogP contribution in [0.15, 0.2) is 41.3 Å². The molecule has 1 aliphatic heterocycles. The molecular formula is C23H27Cl2N4O8P. The highest BCUT2D eigenvalue weighted by atomic mass is 35.5. The number of hydrogen-bond acceptors (Lipinski definition) is 11. The molecule has 0 aliphatic carbocycles. The number of nitrogens with zero attached hydrogens (tertiary/aromatic N) is 3. The van der Waals surface area contributed by atoms with E-state index in [1.165, 1.54) is 19.1 Å². The van der Waals surface area contributed by atoms with Gasteiger partial charge in [0.2, 0.25) is 0 Å². The van der Waals surface area contributed by atoms with Gasteiger partial charge in [-0.15, -0.1) is 0 Å². The lowest BCUT2D eigenvalue weighted by Crippen LogP contribution is -2.44. The summed E-state index contributed by atoms with van der Waals surface area (Å²) >= 11 is 12.1. The molecule has 1 aliphatic rings. The van der Waals surface area contributed by atoms with Crippen LogP contribution in [0, 0.1) is 17.2 Å². The average molecular weight is 591 g/mol. The Balaban J connectivity index is 1.99. The SMILES string of the molecule is [2H]C([2H])(O[P@@](=O)(C[C@@H](C)C(=O)OC(C)C)Oc1ccccc1)[C@H]1O[C@@H](n2ncc(N)nc2=O)C(Cl)(C#CCl)[C@H]1O. The van der Waals surface area contributed by atoms with Crippen LogP contribution in [0.25, 0.3) is 0 Å². The molecule has 0 saturated carbocycles. The van der Waals surface area contributed by atoms with Gasteiger partial charge >= 0.3 is 19.3 Å². The zero-order valence-corrected chi connectivity index (χ0v) is 22.9. The van der Waals surface area contributed by atoms with E-state index in [9.17, 15) is 19.3 Å². The number of carbonyl (C=O) groups excluding carboxylic acids is 1. The van der Waals surface area contributed by atoms with Crippen molar-refractivity contribution in [3.05, 3.63) is 47.0 Å². The summed E-state index contributed by atoms with van der Waals surface area (Å²) in [5.41, 5.74) is 4.43. The number of aliphatic hydroxyl groups is 1. The lowest BCUT2D eigenvalue weighted by Gasteiger charge is -2.25. The Hall–Kier alpha value is -2.65. The number of para-hydroxylation sites is 1. The first kappa shape index (κ1) is 26.9. The van der Waals surface area contributed by atoms with Gasteiger partial charge in [0.1, 0.15) is 23.8 Å². The number of halogens is 2. The van der Waals surface area contributed by atoms with Crippen LogP contribution in [0.1, 0.15) is 29.7 Å². The minimum Gasteiger partial charge on any atom is -0.463 e. The van der Waals surface area contributed by atoms with Gasteiger partial charge in [-0.2, -0.15) is 14.8 Å². The van der Waals surface area contributed by atoms with Gasteiger partial charge in [0.05, 0.1) is 33.7 Å². The smallest absolute Gasteiger partial charge is 0.380 e. The molecule has 6 atom stereocenters. The molecule has 38 heavy (non-hydrogen) atoms. The molecule has 206 valence electrons. The molecule has 1 aromatic carbocycles. The molecular weight excluding hydrogens is 562 g/mol. The number of alkyl halides is 1. The molecule has 2 heterocycles. The van der Waals surface area contributed by atoms with Gasteiger partial charge in [-0.3, -0.25) is 9.32 Å². The van der Waals surface area contributed by atoms with Crippen LogP contribution < -0.4 is 15.9 Å². The first-order valence-corrected chi connectivity index (χ1v) is 13.7. The van der Waals surface area contributed by atoms with Crippen molar-refractivity contribution in [1.82, 2.24) is 14.8 Å². The highest BCUT2D eigenvalue weighted by Crippen LogP contribution is 2.51. The fourth-order valence-electron chi connectivity index (χ4n) is 3.36. The first-order valence-electron chi connectivity index (χ1n) is 12.2. The largest absolute Gasteiger partial charge is 0.463 e. The van der Waals surface area contributed by atoms with Crippen LogP contribution in [0.2, 0.25) is 0 Å². The van der Waals surface area contributed by atoms with E-state index in [0.29, 0.717) is 4.68 Å². The fraction of sp³-hybridized carbons (Fsp3) is 0.478. The summed E-state index contributed by atoms with van der Waals surface area (Å²) in [5.74, 6) is 0.366. The lowest BCUT2D eigenvalue weighted by atomic mass is 10.00. The Kier molecular flexibility index (Phi) is 8.84. The average Bonchev–Trinajstić information content (AvgIpc) is 3.10. The molecule has 15 heteroatoms. The number of aliphatic hydroxyl groups excluding tert-OH is 1. The van der Waals surface area contributed by atoms with Gasteiger partial charge in [-0.25, -0.2) is 9.36 Å². The van der Waals surface area contributed by atoms with E-state index >= 15 is 0 Å². The summed E-state index contributed by atoms with van der Waals surface area (Å²) < 4.78 is 53.5. The van der Waals surface area contributed by atoms with Gasteiger partial charge in [-0.1, -0.05) is 42.6 Å². The van der Waals surface area contributed by atoms with Crippen LogP contribution in [0.5, 0.6) is 5.75 Å². The predicted octanol–water partition coefficient (Wildman–Crippen LogP) is 2.53. The van der Waals surface area contributed by atoms with Crippen LogP contribution in [-0.4, -0.2) is 61.7 Å². The van der Waals surface area contributed by atoms with Crippen molar-refractivity contribution in [1.29, 1.82) is 0 Å². The Morgan fingerprint density at radius 3 is 2.68 bits per heavy atom. The molecule has 0 spiro atoms. The lowest BCUT2D eigenvalue weighted by molar-refractivity contribution is -0.151. The van der Waals surface area contributed by atoms with Gasteiger partial charge < -0.3 is 24.8 Å². The third kappa shape index (κ3) is 7.05. The second-order valence-electron chi connectivity index (χ2n) is 8.54. The fourth-order valence-corrected chi connectivity index (χ4v) is 5.59. The van der Waals surface area contributed by atoms with Gasteiger partial charge in [0.25, 0.3) is 0 Å². The quantitative estimate of drug-likeness (QED) is 0.181. The van der Waals surface area contributed by atoms with Crippen LogP contribution in [0.4, 0.5) is 5.82 Å². The highest BCUT2D eigenvalue weighted by molar-refractivity contribution is 7.54. The summed E-state index contributed by atoms with van der Waals surface area (Å²) in [6.45, 7) is 1.56. The zero-order chi connectivity index (χ0) is 29.9. The zero-order valence-electron chi connectivity index (χ0n) is 22.5. The third-order valence-electron chi connectivity index (χ3n) is 5.10. The minimum atomic E-state index is -4.55. The van der Waals surface area contributed by atoms with E-state index in [1.807, 2.05) is 5.38 Å². The van der Waals surface area contributed by atoms with Crippen molar-refractivity contribution >= 4 is 42.6 Å². The van der Waals surface area contributed by atoms with Crippen molar-refractivity contribution in [3.8, 4) is 17.0 Å². The topological polar surface area (TPSA) is 165 Å². The maximum atomic E-state index is 14.0. The Morgan fingerprint density at radius 1 is 1.39 bits per heavy atom. The van der Waals surface area contributed by atoms with Gasteiger partial charge in [0, 0.05) is 5.38 Å². The van der Waals surface area contributed by atoms with Crippen molar-refractivity contribution < 1.29 is 35.7 Å². The summed E-state index contributed by atoms with van der Waals surface area (Å²) in [5, 5.41) is 16.9. The Morgan fingerprint density at radius 2 is 2.08 bits per heavy atom. The molecule has 3 rings (SSSR count). The minimum absolute atomic E-state index is 0.0558. The van der Waals surface area contributed by atoms with E-state index in [-0.39, 0.29) is 11.6 Å². The standard InChI is InChI=1S/C23H27Cl2N4O8P/c1-14(2)35-20(31)15(3)13-38(33,37-16-7-5-4-6-8-16)34-12-17-19(30)23(25,9-10-24)21(36-17)29-22(32)28-18(26)11-27-29/h4-8,11,14-15,17,19,21,30H,12-13H2,1-3H3,(H2,26,28,32)/t15-,17-,19+,21-,23?,38+/m1/s1/i12D2. The van der Waals surface area contributed by atoms with Crippen molar-refractivity contribution in [3.63, 3.8) is 0 Å². The number of anilines is 1. The van der Waals surface area contributed by atoms with Crippen molar-refractivity contribution in [2.45, 2.75) is 50.2 Å². The van der Waals surface area contributed by atoms with Gasteiger partial charge in [-0.05, 0) is 37.6 Å². The number of nitrogens with two attached hydrogens (primary N) is 1. The molecule has 0 amide bonds. The Labute approximate surface area is 231 Å². The number of aromatic nitrogens is 3. The number of carbonyl (C=O) groups is 1. The number of hydrogen-bond donors (Lipinski definition) is 2. The number of nitrogen functional groups attached to an aromatic ring is 1. The molecule has 0 radical (unpaired) electrons. The normalized spacial score (nSPS) is 26.3. The molecule has 1 saturated heterocycles. The molecule has 12 nitrogen and oxygen atoms in total. The second kappa shape index (κ2) is 12.5. The number of esters is 1. The third-order valence-corrected chi connectivity index (χ3v) is 7.56. The second-order valence-corrected chi connectivity index (χ2v) is 11.3. The Bertz CT molecular complexity index is 1390. The van der Waals surface area contributed by atoms with Crippen molar-refractivity contribution in [2.24, 2.45) is 5.92 Å². The number of ether oxygens (including phenoxy) is 2. The van der Waals surface area contributed by atoms with Gasteiger partial charge in [0.15, 0.2) is 11.1 Å². The van der Waals surface area contributed by atoms with E-state index in [0.717, 1.165) is 6.20 Å². The van der Waals surface area contributed by atoms with Crippen LogP contribution in [-0.2, 0) is 23.4 Å². The van der Waals surface area contributed by atoms with E-state index in [2.05, 4.69) is 16.0 Å². The van der Waals surface area contributed by atoms with E-state index in [4.69, 9.17) is 50.2 Å². The first-order chi connectivity index (χ1) is 18.6. The maximum absolute atomic E-state index is 14.0. The predicted molar refractivity (Wildman–Crippen MR) is 139 cm³/mol. The molecule has 1 aromatic heterocycles. The number of benzene rings is 1. The number of rotatable bonds is 10. The summed E-state index contributed by atoms with van der Waals surface area (Å²) in [6, 6.07) is 7.73. The summed E-state index contributed by atoms with van der Waals surface area (Å²) in [7, 11) is -4.55. The van der Waals surface area contributed by atoms with E-state index < -0.39 is 67.3 Å². The molecule has 0 bridgehead atoms. The molecule has 1 fully saturated rings. The van der Waals surface area contributed by atoms with Crippen molar-refractivity contribution in [2.75, 3.05) is 18.5 Å². The molecule has 2 aromatic rings. The van der Waals surface area contributed by atoms with E-state index in [1.54, 1.807) is 32.0 Å². The summed E-state index contributed by atoms with van der Waals surface area (Å²) in [4.78, 5) is 26.2. The van der Waals surface area contributed by atoms with Crippen LogP contribution in [0.3, 0.4) is 0 Å². The highest BCUT2D eigenvalue weighted by Gasteiger charge is 2.57. The maximum Gasteiger partial charge on any atom is 0.380 e. The van der Waals surface area contributed by atoms with Crippen LogP contribution >= 0.6 is 30.8 Å². The monoisotopic (exact) mass is 590 g/mol. The summed E-state index contributed by atoms with van der Waals surface area (Å²) in [6.07, 6.45) is -5.86. The molecule has 1 unspecified atom stereocenters.